The van der Waals surface area contributed by atoms with E-state index in [-0.39, 0.29) is 11.9 Å². The molecule has 5 rings (SSSR count). The van der Waals surface area contributed by atoms with Crippen molar-refractivity contribution in [1.82, 2.24) is 14.8 Å². The van der Waals surface area contributed by atoms with E-state index in [0.717, 1.165) is 49.5 Å². The Labute approximate surface area is 193 Å². The molecule has 4 nitrogen and oxygen atoms in total. The number of amides is 1. The third-order valence-electron chi connectivity index (χ3n) is 6.21. The van der Waals surface area contributed by atoms with Gasteiger partial charge in [-0.2, -0.15) is 0 Å². The highest BCUT2D eigenvalue weighted by Crippen LogP contribution is 2.32. The molecule has 32 heavy (non-hydrogen) atoms. The third-order valence-corrected chi connectivity index (χ3v) is 7.13. The summed E-state index contributed by atoms with van der Waals surface area (Å²) < 4.78 is 0. The lowest BCUT2D eigenvalue weighted by atomic mass is 9.92. The number of allylic oxidation sites excluding steroid dienone is 2. The SMILES string of the molecule is O=C(c1cncc(-c2cccs2)c1)N1CCN(C(C2=CCCC=C2)c2ccccc2)CC1. The molecule has 1 aliphatic carbocycles. The Balaban J connectivity index is 1.31. The van der Waals surface area contributed by atoms with Gasteiger partial charge in [0.15, 0.2) is 0 Å². The standard InChI is InChI=1S/C27H27N3OS/c31-27(24-18-23(19-28-20-24)25-12-7-17-32-25)30-15-13-29(14-16-30)26(21-8-3-1-4-9-21)22-10-5-2-6-11-22/h1,3-5,7-12,17-20,26H,2,6,13-16H2. The molecule has 1 saturated heterocycles. The van der Waals surface area contributed by atoms with Crippen LogP contribution in [0.4, 0.5) is 0 Å². The van der Waals surface area contributed by atoms with Crippen LogP contribution >= 0.6 is 11.3 Å². The van der Waals surface area contributed by atoms with E-state index in [1.54, 1.807) is 17.5 Å². The fraction of sp³-hybridized carbons (Fsp3) is 0.259. The molecule has 1 fully saturated rings. The maximum absolute atomic E-state index is 13.2. The van der Waals surface area contributed by atoms with Crippen molar-refractivity contribution < 1.29 is 4.79 Å². The second kappa shape index (κ2) is 9.63. The summed E-state index contributed by atoms with van der Waals surface area (Å²) in [4.78, 5) is 23.2. The Bertz CT molecular complexity index is 1110. The molecule has 0 radical (unpaired) electrons. The molecular weight excluding hydrogens is 414 g/mol. The van der Waals surface area contributed by atoms with Gasteiger partial charge in [-0.15, -0.1) is 11.3 Å². The lowest BCUT2D eigenvalue weighted by Gasteiger charge is -2.40. The fourth-order valence-corrected chi connectivity index (χ4v) is 5.29. The van der Waals surface area contributed by atoms with Crippen LogP contribution in [0, 0.1) is 0 Å². The predicted molar refractivity (Wildman–Crippen MR) is 131 cm³/mol. The number of hydrogen-bond acceptors (Lipinski definition) is 4. The summed E-state index contributed by atoms with van der Waals surface area (Å²) in [5, 5.41) is 2.04. The topological polar surface area (TPSA) is 36.4 Å². The average molecular weight is 442 g/mol. The maximum atomic E-state index is 13.2. The van der Waals surface area contributed by atoms with Crippen LogP contribution < -0.4 is 0 Å². The van der Waals surface area contributed by atoms with Gasteiger partial charge in [0.1, 0.15) is 0 Å². The number of pyridine rings is 1. The minimum Gasteiger partial charge on any atom is -0.336 e. The number of benzene rings is 1. The van der Waals surface area contributed by atoms with Crippen molar-refractivity contribution in [1.29, 1.82) is 0 Å². The second-order valence-electron chi connectivity index (χ2n) is 8.26. The van der Waals surface area contributed by atoms with Crippen LogP contribution in [0.3, 0.4) is 0 Å². The van der Waals surface area contributed by atoms with Gasteiger partial charge < -0.3 is 4.90 Å². The summed E-state index contributed by atoms with van der Waals surface area (Å²) in [5.74, 6) is 0.0728. The van der Waals surface area contributed by atoms with Crippen molar-refractivity contribution in [3.8, 4) is 10.4 Å². The Morgan fingerprint density at radius 1 is 0.969 bits per heavy atom. The quantitative estimate of drug-likeness (QED) is 0.518. The minimum absolute atomic E-state index is 0.0728. The predicted octanol–water partition coefficient (Wildman–Crippen LogP) is 5.59. The average Bonchev–Trinajstić information content (AvgIpc) is 3.41. The molecule has 0 bridgehead atoms. The van der Waals surface area contributed by atoms with Crippen molar-refractivity contribution in [3.63, 3.8) is 0 Å². The van der Waals surface area contributed by atoms with E-state index >= 15 is 0 Å². The molecule has 0 spiro atoms. The molecule has 3 aromatic rings. The molecule has 1 aliphatic heterocycles. The number of hydrogen-bond donors (Lipinski definition) is 0. The van der Waals surface area contributed by atoms with Crippen molar-refractivity contribution in [2.24, 2.45) is 0 Å². The van der Waals surface area contributed by atoms with Crippen molar-refractivity contribution in [3.05, 3.63) is 101 Å². The van der Waals surface area contributed by atoms with Crippen LogP contribution in [0.1, 0.15) is 34.8 Å². The smallest absolute Gasteiger partial charge is 0.255 e. The van der Waals surface area contributed by atoms with E-state index in [4.69, 9.17) is 0 Å². The zero-order chi connectivity index (χ0) is 21.8. The number of thiophene rings is 1. The highest BCUT2D eigenvalue weighted by molar-refractivity contribution is 7.13. The van der Waals surface area contributed by atoms with Crippen LogP contribution in [-0.2, 0) is 0 Å². The summed E-state index contributed by atoms with van der Waals surface area (Å²) >= 11 is 1.66. The Kier molecular flexibility index (Phi) is 6.28. The fourth-order valence-electron chi connectivity index (χ4n) is 4.59. The van der Waals surface area contributed by atoms with Gasteiger partial charge in [0.2, 0.25) is 0 Å². The molecule has 3 heterocycles. The Morgan fingerprint density at radius 3 is 2.53 bits per heavy atom. The van der Waals surface area contributed by atoms with E-state index in [2.05, 4.69) is 64.5 Å². The largest absolute Gasteiger partial charge is 0.336 e. The number of carbonyl (C=O) groups excluding carboxylic acids is 1. The number of aromatic nitrogens is 1. The van der Waals surface area contributed by atoms with Gasteiger partial charge in [0, 0.05) is 49.0 Å². The van der Waals surface area contributed by atoms with Crippen LogP contribution in [0.2, 0.25) is 0 Å². The van der Waals surface area contributed by atoms with Crippen molar-refractivity contribution >= 4 is 17.2 Å². The van der Waals surface area contributed by atoms with Gasteiger partial charge in [0.25, 0.3) is 5.91 Å². The van der Waals surface area contributed by atoms with E-state index in [1.807, 2.05) is 28.6 Å². The molecule has 162 valence electrons. The first-order chi connectivity index (χ1) is 15.8. The van der Waals surface area contributed by atoms with Crippen molar-refractivity contribution in [2.75, 3.05) is 26.2 Å². The summed E-state index contributed by atoms with van der Waals surface area (Å²) in [7, 11) is 0. The van der Waals surface area contributed by atoms with E-state index in [9.17, 15) is 4.79 Å². The summed E-state index contributed by atoms with van der Waals surface area (Å²) in [6, 6.07) is 17.0. The third kappa shape index (κ3) is 4.45. The van der Waals surface area contributed by atoms with Gasteiger partial charge in [0.05, 0.1) is 11.6 Å². The Morgan fingerprint density at radius 2 is 1.81 bits per heavy atom. The van der Waals surface area contributed by atoms with Crippen LogP contribution in [0.25, 0.3) is 10.4 Å². The minimum atomic E-state index is 0.0728. The van der Waals surface area contributed by atoms with Gasteiger partial charge in [-0.25, -0.2) is 0 Å². The molecule has 1 unspecified atom stereocenters. The molecule has 1 aromatic carbocycles. The zero-order valence-electron chi connectivity index (χ0n) is 18.1. The summed E-state index contributed by atoms with van der Waals surface area (Å²) in [5.41, 5.74) is 4.36. The van der Waals surface area contributed by atoms with E-state index in [0.29, 0.717) is 5.56 Å². The lowest BCUT2D eigenvalue weighted by Crippen LogP contribution is -2.50. The highest BCUT2D eigenvalue weighted by Gasteiger charge is 2.29. The molecule has 1 amide bonds. The molecule has 0 N–H and O–H groups in total. The summed E-state index contributed by atoms with van der Waals surface area (Å²) in [6.45, 7) is 3.16. The maximum Gasteiger partial charge on any atom is 0.255 e. The van der Waals surface area contributed by atoms with E-state index in [1.165, 1.54) is 11.1 Å². The number of piperazine rings is 1. The van der Waals surface area contributed by atoms with E-state index < -0.39 is 0 Å². The number of nitrogens with zero attached hydrogens (tertiary/aromatic N) is 3. The first-order valence-electron chi connectivity index (χ1n) is 11.2. The van der Waals surface area contributed by atoms with Gasteiger partial charge >= 0.3 is 0 Å². The first-order valence-corrected chi connectivity index (χ1v) is 12.1. The number of rotatable bonds is 5. The molecule has 0 saturated carbocycles. The Hall–Kier alpha value is -3.02. The molecule has 2 aliphatic rings. The molecular formula is C27H27N3OS. The lowest BCUT2D eigenvalue weighted by molar-refractivity contribution is 0.0596. The van der Waals surface area contributed by atoms with Gasteiger partial charge in [-0.05, 0) is 41.5 Å². The highest BCUT2D eigenvalue weighted by atomic mass is 32.1. The first kappa shape index (κ1) is 20.9. The zero-order valence-corrected chi connectivity index (χ0v) is 18.9. The van der Waals surface area contributed by atoms with Gasteiger partial charge in [-0.1, -0.05) is 54.6 Å². The molecule has 1 atom stereocenters. The number of carbonyl (C=O) groups is 1. The van der Waals surface area contributed by atoms with Gasteiger partial charge in [-0.3, -0.25) is 14.7 Å². The van der Waals surface area contributed by atoms with Crippen LogP contribution in [0.5, 0.6) is 0 Å². The normalized spacial score (nSPS) is 17.8. The van der Waals surface area contributed by atoms with Crippen molar-refractivity contribution in [2.45, 2.75) is 18.9 Å². The monoisotopic (exact) mass is 441 g/mol. The molecule has 2 aromatic heterocycles. The van der Waals surface area contributed by atoms with Crippen LogP contribution in [-0.4, -0.2) is 46.9 Å². The summed E-state index contributed by atoms with van der Waals surface area (Å²) in [6.07, 6.45) is 12.7. The molecule has 5 heteroatoms. The second-order valence-corrected chi connectivity index (χ2v) is 9.21. The van der Waals surface area contributed by atoms with Crippen LogP contribution in [0.15, 0.2) is 90.1 Å².